The number of hydrogen-bond donors (Lipinski definition) is 2. The van der Waals surface area contributed by atoms with Crippen LogP contribution >= 0.6 is 0 Å². The Labute approximate surface area is 184 Å². The molecule has 0 aliphatic rings. The molecule has 0 heterocycles. The molecule has 0 radical (unpaired) electrons. The lowest BCUT2D eigenvalue weighted by Crippen LogP contribution is -2.37. The van der Waals surface area contributed by atoms with E-state index in [1.807, 2.05) is 60.7 Å². The molecule has 0 aromatic heterocycles. The van der Waals surface area contributed by atoms with Crippen LogP contribution in [0.15, 0.2) is 60.7 Å². The summed E-state index contributed by atoms with van der Waals surface area (Å²) in [5.74, 6) is -0.592. The third-order valence-electron chi connectivity index (χ3n) is 4.60. The summed E-state index contributed by atoms with van der Waals surface area (Å²) in [7, 11) is 3.24. The summed E-state index contributed by atoms with van der Waals surface area (Å²) in [5, 5.41) is 5.76. The first kappa shape index (κ1) is 24.5. The van der Waals surface area contributed by atoms with E-state index in [2.05, 4.69) is 10.6 Å². The highest BCUT2D eigenvalue weighted by atomic mass is 16.5. The maximum absolute atomic E-state index is 13.0. The zero-order chi connectivity index (χ0) is 22.3. The Bertz CT molecular complexity index is 705. The normalized spacial score (nSPS) is 12.7. The number of hydrogen-bond acceptors (Lipinski definition) is 5. The maximum atomic E-state index is 13.0. The van der Waals surface area contributed by atoms with Gasteiger partial charge in [-0.05, 0) is 24.0 Å². The third-order valence-corrected chi connectivity index (χ3v) is 4.60. The highest BCUT2D eigenvalue weighted by Gasteiger charge is 2.30. The average Bonchev–Trinajstić information content (AvgIpc) is 2.81. The van der Waals surface area contributed by atoms with Crippen LogP contribution in [0.2, 0.25) is 0 Å². The van der Waals surface area contributed by atoms with Crippen LogP contribution in [0.4, 0.5) is 0 Å². The van der Waals surface area contributed by atoms with Crippen LogP contribution in [0.5, 0.6) is 0 Å². The van der Waals surface area contributed by atoms with Crippen molar-refractivity contribution in [3.05, 3.63) is 71.8 Å². The van der Waals surface area contributed by atoms with Crippen molar-refractivity contribution in [2.45, 2.75) is 25.0 Å². The van der Waals surface area contributed by atoms with Crippen molar-refractivity contribution in [3.8, 4) is 0 Å². The van der Waals surface area contributed by atoms with Gasteiger partial charge >= 0.3 is 0 Å². The SMILES string of the molecule is COCCCNC(=O)C(OC(C(=O)NCCCOC)c1ccccc1)c1ccccc1. The smallest absolute Gasteiger partial charge is 0.253 e. The first-order valence-corrected chi connectivity index (χ1v) is 10.5. The Morgan fingerprint density at radius 2 is 1.10 bits per heavy atom. The van der Waals surface area contributed by atoms with Crippen LogP contribution in [-0.2, 0) is 23.8 Å². The van der Waals surface area contributed by atoms with Crippen LogP contribution in [0, 0.1) is 0 Å². The van der Waals surface area contributed by atoms with Gasteiger partial charge in [-0.1, -0.05) is 60.7 Å². The number of nitrogens with one attached hydrogen (secondary N) is 2. The first-order valence-electron chi connectivity index (χ1n) is 10.5. The lowest BCUT2D eigenvalue weighted by atomic mass is 10.1. The van der Waals surface area contributed by atoms with Gasteiger partial charge in [0.05, 0.1) is 0 Å². The molecule has 31 heavy (non-hydrogen) atoms. The molecule has 2 unspecified atom stereocenters. The van der Waals surface area contributed by atoms with E-state index in [1.165, 1.54) is 0 Å². The van der Waals surface area contributed by atoms with Gasteiger partial charge in [0.25, 0.3) is 11.8 Å². The topological polar surface area (TPSA) is 85.9 Å². The highest BCUT2D eigenvalue weighted by Crippen LogP contribution is 2.27. The number of carbonyl (C=O) groups excluding carboxylic acids is 2. The predicted octanol–water partition coefficient (Wildman–Crippen LogP) is 2.79. The molecule has 0 fully saturated rings. The highest BCUT2D eigenvalue weighted by molar-refractivity contribution is 5.85. The molecule has 0 saturated carbocycles. The quantitative estimate of drug-likeness (QED) is 0.452. The predicted molar refractivity (Wildman–Crippen MR) is 118 cm³/mol. The summed E-state index contributed by atoms with van der Waals surface area (Å²) in [4.78, 5) is 25.9. The van der Waals surface area contributed by atoms with Crippen LogP contribution < -0.4 is 10.6 Å². The number of benzene rings is 2. The Morgan fingerprint density at radius 3 is 1.45 bits per heavy atom. The summed E-state index contributed by atoms with van der Waals surface area (Å²) in [6, 6.07) is 18.4. The van der Waals surface area contributed by atoms with Gasteiger partial charge in [0, 0.05) is 40.5 Å². The zero-order valence-electron chi connectivity index (χ0n) is 18.2. The van der Waals surface area contributed by atoms with E-state index in [0.717, 1.165) is 0 Å². The molecule has 2 amide bonds. The van der Waals surface area contributed by atoms with Gasteiger partial charge < -0.3 is 24.8 Å². The Kier molecular flexibility index (Phi) is 11.3. The molecule has 168 valence electrons. The molecule has 7 nitrogen and oxygen atoms in total. The minimum absolute atomic E-state index is 0.296. The first-order chi connectivity index (χ1) is 15.2. The van der Waals surface area contributed by atoms with Crippen molar-refractivity contribution in [2.24, 2.45) is 0 Å². The molecule has 2 aromatic rings. The fourth-order valence-electron chi connectivity index (χ4n) is 3.02. The largest absolute Gasteiger partial charge is 0.385 e. The zero-order valence-corrected chi connectivity index (χ0v) is 18.2. The number of rotatable bonds is 14. The van der Waals surface area contributed by atoms with E-state index in [4.69, 9.17) is 14.2 Å². The number of methoxy groups -OCH3 is 2. The van der Waals surface area contributed by atoms with Gasteiger partial charge in [0.1, 0.15) is 0 Å². The molecule has 0 aliphatic carbocycles. The summed E-state index contributed by atoms with van der Waals surface area (Å²) in [6.07, 6.45) is -0.491. The molecular formula is C24H32N2O5. The van der Waals surface area contributed by atoms with Gasteiger partial charge in [0.15, 0.2) is 12.2 Å². The summed E-state index contributed by atoms with van der Waals surface area (Å²) >= 11 is 0. The second-order valence-corrected chi connectivity index (χ2v) is 6.99. The third kappa shape index (κ3) is 8.49. The van der Waals surface area contributed by atoms with E-state index in [1.54, 1.807) is 14.2 Å². The van der Waals surface area contributed by atoms with Crippen LogP contribution in [0.25, 0.3) is 0 Å². The Morgan fingerprint density at radius 1 is 0.710 bits per heavy atom. The van der Waals surface area contributed by atoms with E-state index in [-0.39, 0.29) is 11.8 Å². The molecule has 2 aromatic carbocycles. The fourth-order valence-corrected chi connectivity index (χ4v) is 3.02. The minimum atomic E-state index is -0.932. The second kappa shape index (κ2) is 14.3. The van der Waals surface area contributed by atoms with Gasteiger partial charge in [0.2, 0.25) is 0 Å². The Hall–Kier alpha value is -2.74. The van der Waals surface area contributed by atoms with Gasteiger partial charge in [-0.25, -0.2) is 0 Å². The van der Waals surface area contributed by atoms with Crippen molar-refractivity contribution in [3.63, 3.8) is 0 Å². The lowest BCUT2D eigenvalue weighted by Gasteiger charge is -2.24. The van der Waals surface area contributed by atoms with Crippen molar-refractivity contribution in [1.29, 1.82) is 0 Å². The molecule has 0 bridgehead atoms. The van der Waals surface area contributed by atoms with Crippen LogP contribution in [-0.4, -0.2) is 52.3 Å². The monoisotopic (exact) mass is 428 g/mol. The number of carbonyl (C=O) groups is 2. The van der Waals surface area contributed by atoms with Crippen molar-refractivity contribution in [1.82, 2.24) is 10.6 Å². The average molecular weight is 429 g/mol. The maximum Gasteiger partial charge on any atom is 0.253 e. The fraction of sp³-hybridized carbons (Fsp3) is 0.417. The molecule has 7 heteroatoms. The molecule has 0 aliphatic heterocycles. The molecule has 2 rings (SSSR count). The van der Waals surface area contributed by atoms with Crippen molar-refractivity contribution in [2.75, 3.05) is 40.5 Å². The molecule has 2 atom stereocenters. The Balaban J connectivity index is 2.20. The van der Waals surface area contributed by atoms with E-state index < -0.39 is 12.2 Å². The van der Waals surface area contributed by atoms with Crippen molar-refractivity contribution < 1.29 is 23.8 Å². The standard InChI is InChI=1S/C24H32N2O5/c1-29-17-9-15-25-23(27)21(19-11-5-3-6-12-19)31-22(20-13-7-4-8-14-20)24(28)26-16-10-18-30-2/h3-8,11-14,21-22H,9-10,15-18H2,1-2H3,(H,25,27)(H,26,28). The molecule has 2 N–H and O–H groups in total. The molecular weight excluding hydrogens is 396 g/mol. The summed E-state index contributed by atoms with van der Waals surface area (Å²) in [5.41, 5.74) is 1.36. The van der Waals surface area contributed by atoms with E-state index in [0.29, 0.717) is 50.3 Å². The molecule has 0 saturated heterocycles. The second-order valence-electron chi connectivity index (χ2n) is 6.99. The minimum Gasteiger partial charge on any atom is -0.385 e. The number of amides is 2. The number of ether oxygens (including phenoxy) is 3. The van der Waals surface area contributed by atoms with E-state index in [9.17, 15) is 9.59 Å². The van der Waals surface area contributed by atoms with Crippen LogP contribution in [0.3, 0.4) is 0 Å². The van der Waals surface area contributed by atoms with Crippen molar-refractivity contribution >= 4 is 11.8 Å². The summed E-state index contributed by atoms with van der Waals surface area (Å²) < 4.78 is 16.2. The van der Waals surface area contributed by atoms with Gasteiger partial charge in [-0.2, -0.15) is 0 Å². The molecule has 0 spiro atoms. The van der Waals surface area contributed by atoms with E-state index >= 15 is 0 Å². The van der Waals surface area contributed by atoms with Gasteiger partial charge in [-0.3, -0.25) is 9.59 Å². The van der Waals surface area contributed by atoms with Crippen LogP contribution in [0.1, 0.15) is 36.2 Å². The summed E-state index contributed by atoms with van der Waals surface area (Å²) in [6.45, 7) is 2.01. The van der Waals surface area contributed by atoms with Gasteiger partial charge in [-0.15, -0.1) is 0 Å². The lowest BCUT2D eigenvalue weighted by molar-refractivity contribution is -0.147.